The molecule has 0 aromatic rings. The van der Waals surface area contributed by atoms with E-state index < -0.39 is 0 Å². The van der Waals surface area contributed by atoms with Crippen molar-refractivity contribution in [1.29, 1.82) is 0 Å². The fourth-order valence-electron chi connectivity index (χ4n) is 2.13. The van der Waals surface area contributed by atoms with Crippen LogP contribution in [0.15, 0.2) is 35.5 Å². The monoisotopic (exact) mass is 192 g/mol. The normalized spacial score (nSPS) is 28.4. The van der Waals surface area contributed by atoms with E-state index in [1.165, 1.54) is 16.7 Å². The van der Waals surface area contributed by atoms with Gasteiger partial charge in [-0.15, -0.1) is 0 Å². The third kappa shape index (κ3) is 2.16. The van der Waals surface area contributed by atoms with Crippen LogP contribution in [0.4, 0.5) is 0 Å². The molecule has 14 heavy (non-hydrogen) atoms. The van der Waals surface area contributed by atoms with E-state index in [-0.39, 0.29) is 6.10 Å². The highest BCUT2D eigenvalue weighted by atomic mass is 16.5. The lowest BCUT2D eigenvalue weighted by atomic mass is 10.0. The molecule has 1 aliphatic carbocycles. The van der Waals surface area contributed by atoms with E-state index in [0.717, 1.165) is 6.42 Å². The summed E-state index contributed by atoms with van der Waals surface area (Å²) < 4.78 is 5.52. The number of ether oxygens (including phenoxy) is 1. The maximum atomic E-state index is 5.52. The van der Waals surface area contributed by atoms with Crippen LogP contribution in [-0.2, 0) is 4.74 Å². The second-order valence-electron chi connectivity index (χ2n) is 4.17. The van der Waals surface area contributed by atoms with Gasteiger partial charge < -0.3 is 4.74 Å². The highest BCUT2D eigenvalue weighted by Crippen LogP contribution is 2.34. The van der Waals surface area contributed by atoms with E-state index in [9.17, 15) is 0 Å². The standard InChI is InChI=1S/C13H20O/c1-6-9(2)7-12-10(3)8-11(4)13(12)14-5/h6-7,11,13H,1,8H2,2-5H3/b9-7-. The van der Waals surface area contributed by atoms with Crippen molar-refractivity contribution in [2.24, 2.45) is 5.92 Å². The van der Waals surface area contributed by atoms with Crippen molar-refractivity contribution in [3.8, 4) is 0 Å². The molecule has 2 unspecified atom stereocenters. The van der Waals surface area contributed by atoms with Crippen molar-refractivity contribution >= 4 is 0 Å². The maximum absolute atomic E-state index is 5.52. The van der Waals surface area contributed by atoms with Crippen LogP contribution >= 0.6 is 0 Å². The van der Waals surface area contributed by atoms with Gasteiger partial charge in [-0.3, -0.25) is 0 Å². The highest BCUT2D eigenvalue weighted by Gasteiger charge is 2.28. The first-order chi connectivity index (χ1) is 6.60. The Hall–Kier alpha value is -0.820. The van der Waals surface area contributed by atoms with Crippen LogP contribution in [0.5, 0.6) is 0 Å². The van der Waals surface area contributed by atoms with Gasteiger partial charge in [0.15, 0.2) is 0 Å². The van der Waals surface area contributed by atoms with Gasteiger partial charge in [0.25, 0.3) is 0 Å². The van der Waals surface area contributed by atoms with Crippen molar-refractivity contribution in [3.05, 3.63) is 35.5 Å². The van der Waals surface area contributed by atoms with Crippen molar-refractivity contribution in [2.45, 2.75) is 33.3 Å². The largest absolute Gasteiger partial charge is 0.376 e. The summed E-state index contributed by atoms with van der Waals surface area (Å²) in [7, 11) is 1.79. The predicted octanol–water partition coefficient (Wildman–Crippen LogP) is 3.49. The van der Waals surface area contributed by atoms with Crippen LogP contribution < -0.4 is 0 Å². The van der Waals surface area contributed by atoms with Gasteiger partial charge in [0.1, 0.15) is 0 Å². The van der Waals surface area contributed by atoms with Crippen LogP contribution in [0, 0.1) is 5.92 Å². The molecule has 2 atom stereocenters. The molecule has 0 amide bonds. The molecule has 0 saturated carbocycles. The Morgan fingerprint density at radius 1 is 1.57 bits per heavy atom. The van der Waals surface area contributed by atoms with E-state index >= 15 is 0 Å². The Morgan fingerprint density at radius 2 is 2.21 bits per heavy atom. The summed E-state index contributed by atoms with van der Waals surface area (Å²) in [5.74, 6) is 0.601. The van der Waals surface area contributed by atoms with E-state index in [1.807, 2.05) is 6.08 Å². The molecule has 0 N–H and O–H groups in total. The highest BCUT2D eigenvalue weighted by molar-refractivity contribution is 5.38. The summed E-state index contributed by atoms with van der Waals surface area (Å²) in [5.41, 5.74) is 4.00. The maximum Gasteiger partial charge on any atom is 0.0849 e. The first-order valence-electron chi connectivity index (χ1n) is 5.13. The molecule has 0 spiro atoms. The molecule has 1 nitrogen and oxygen atoms in total. The van der Waals surface area contributed by atoms with Gasteiger partial charge in [0, 0.05) is 7.11 Å². The van der Waals surface area contributed by atoms with Gasteiger partial charge in [-0.1, -0.05) is 36.8 Å². The first kappa shape index (κ1) is 11.3. The molecule has 0 aliphatic heterocycles. The van der Waals surface area contributed by atoms with Crippen molar-refractivity contribution < 1.29 is 4.74 Å². The van der Waals surface area contributed by atoms with E-state index in [0.29, 0.717) is 5.92 Å². The minimum atomic E-state index is 0.268. The number of allylic oxidation sites excluding steroid dienone is 3. The zero-order valence-electron chi connectivity index (χ0n) is 9.63. The third-order valence-electron chi connectivity index (χ3n) is 2.90. The second-order valence-corrected chi connectivity index (χ2v) is 4.17. The molecule has 0 bridgehead atoms. The minimum Gasteiger partial charge on any atom is -0.376 e. The second kappa shape index (κ2) is 4.61. The average molecular weight is 192 g/mol. The average Bonchev–Trinajstić information content (AvgIpc) is 2.41. The van der Waals surface area contributed by atoms with Gasteiger partial charge in [0.05, 0.1) is 6.10 Å². The van der Waals surface area contributed by atoms with Crippen LogP contribution in [0.25, 0.3) is 0 Å². The molecule has 0 radical (unpaired) electrons. The first-order valence-corrected chi connectivity index (χ1v) is 5.13. The third-order valence-corrected chi connectivity index (χ3v) is 2.90. The molecule has 78 valence electrons. The molecule has 0 fully saturated rings. The molecular weight excluding hydrogens is 172 g/mol. The molecule has 1 rings (SSSR count). The lowest BCUT2D eigenvalue weighted by Gasteiger charge is -2.16. The topological polar surface area (TPSA) is 9.23 Å². The number of hydrogen-bond acceptors (Lipinski definition) is 1. The smallest absolute Gasteiger partial charge is 0.0849 e. The Labute approximate surface area is 87.2 Å². The summed E-state index contributed by atoms with van der Waals surface area (Å²) in [4.78, 5) is 0. The Balaban J connectivity index is 2.94. The lowest BCUT2D eigenvalue weighted by molar-refractivity contribution is 0.100. The lowest BCUT2D eigenvalue weighted by Crippen LogP contribution is -2.16. The predicted molar refractivity (Wildman–Crippen MR) is 61.2 cm³/mol. The zero-order chi connectivity index (χ0) is 10.7. The van der Waals surface area contributed by atoms with Crippen molar-refractivity contribution in [2.75, 3.05) is 7.11 Å². The number of rotatable bonds is 3. The van der Waals surface area contributed by atoms with Gasteiger partial charge in [-0.05, 0) is 31.8 Å². The molecule has 0 saturated heterocycles. The SMILES string of the molecule is C=C/C(C)=C\C1=C(C)CC(C)C1OC. The summed E-state index contributed by atoms with van der Waals surface area (Å²) in [6, 6.07) is 0. The van der Waals surface area contributed by atoms with E-state index in [2.05, 4.69) is 33.4 Å². The number of hydrogen-bond donors (Lipinski definition) is 0. The molecule has 0 aromatic heterocycles. The molecule has 0 heterocycles. The van der Waals surface area contributed by atoms with E-state index in [1.54, 1.807) is 7.11 Å². The molecule has 0 aromatic carbocycles. The summed E-state index contributed by atoms with van der Waals surface area (Å²) in [6.45, 7) is 10.3. The molecular formula is C13H20O. The summed E-state index contributed by atoms with van der Waals surface area (Å²) in [5, 5.41) is 0. The zero-order valence-corrected chi connectivity index (χ0v) is 9.63. The van der Waals surface area contributed by atoms with Gasteiger partial charge >= 0.3 is 0 Å². The fraction of sp³-hybridized carbons (Fsp3) is 0.538. The Bertz CT molecular complexity index is 284. The van der Waals surface area contributed by atoms with Crippen LogP contribution in [0.2, 0.25) is 0 Å². The Morgan fingerprint density at radius 3 is 2.71 bits per heavy atom. The van der Waals surface area contributed by atoms with Crippen LogP contribution in [0.1, 0.15) is 27.2 Å². The van der Waals surface area contributed by atoms with Gasteiger partial charge in [-0.25, -0.2) is 0 Å². The number of methoxy groups -OCH3 is 1. The van der Waals surface area contributed by atoms with E-state index in [4.69, 9.17) is 4.74 Å². The summed E-state index contributed by atoms with van der Waals surface area (Å²) in [6.07, 6.45) is 5.50. The minimum absolute atomic E-state index is 0.268. The van der Waals surface area contributed by atoms with Gasteiger partial charge in [0.2, 0.25) is 0 Å². The van der Waals surface area contributed by atoms with Gasteiger partial charge in [-0.2, -0.15) is 0 Å². The Kier molecular flexibility index (Phi) is 3.70. The van der Waals surface area contributed by atoms with Crippen LogP contribution in [-0.4, -0.2) is 13.2 Å². The van der Waals surface area contributed by atoms with Crippen LogP contribution in [0.3, 0.4) is 0 Å². The van der Waals surface area contributed by atoms with Crippen molar-refractivity contribution in [3.63, 3.8) is 0 Å². The quantitative estimate of drug-likeness (QED) is 0.622. The molecule has 1 aliphatic rings. The fourth-order valence-corrected chi connectivity index (χ4v) is 2.13. The summed E-state index contributed by atoms with van der Waals surface area (Å²) >= 11 is 0. The van der Waals surface area contributed by atoms with Crippen molar-refractivity contribution in [1.82, 2.24) is 0 Å². The molecule has 1 heteroatoms.